The molecule has 3 rings (SSSR count). The lowest BCUT2D eigenvalue weighted by atomic mass is 10.2. The number of H-pyrrole nitrogens is 1. The van der Waals surface area contributed by atoms with Crippen LogP contribution in [0.15, 0.2) is 59.1 Å². The summed E-state index contributed by atoms with van der Waals surface area (Å²) in [5, 5.41) is 7.18. The Morgan fingerprint density at radius 2 is 1.68 bits per heavy atom. The smallest absolute Gasteiger partial charge is 0.200 e. The van der Waals surface area contributed by atoms with E-state index in [2.05, 4.69) is 26.1 Å². The molecule has 0 unspecified atom stereocenters. The van der Waals surface area contributed by atoms with Crippen molar-refractivity contribution < 1.29 is 0 Å². The van der Waals surface area contributed by atoms with Gasteiger partial charge in [0.15, 0.2) is 10.6 Å². The molecule has 0 saturated carbocycles. The van der Waals surface area contributed by atoms with Crippen LogP contribution in [-0.2, 0) is 0 Å². The van der Waals surface area contributed by atoms with E-state index in [1.807, 2.05) is 59.2 Å². The van der Waals surface area contributed by atoms with Gasteiger partial charge >= 0.3 is 0 Å². The first-order chi connectivity index (χ1) is 9.27. The Balaban J connectivity index is 2.26. The van der Waals surface area contributed by atoms with E-state index in [4.69, 9.17) is 12.2 Å². The van der Waals surface area contributed by atoms with E-state index in [0.29, 0.717) is 4.77 Å². The summed E-state index contributed by atoms with van der Waals surface area (Å²) in [6.07, 6.45) is 0. The summed E-state index contributed by atoms with van der Waals surface area (Å²) < 4.78 is 3.48. The third-order valence-corrected chi connectivity index (χ3v) is 3.74. The lowest BCUT2D eigenvalue weighted by molar-refractivity contribution is 1.03. The van der Waals surface area contributed by atoms with Crippen LogP contribution in [0.1, 0.15) is 0 Å². The van der Waals surface area contributed by atoms with Gasteiger partial charge in [0.25, 0.3) is 0 Å². The molecule has 0 radical (unpaired) electrons. The molecule has 94 valence electrons. The molecule has 3 nitrogen and oxygen atoms in total. The third kappa shape index (κ3) is 2.27. The maximum Gasteiger partial charge on any atom is 0.200 e. The first-order valence-electron chi connectivity index (χ1n) is 5.75. The molecule has 1 N–H and O–H groups in total. The van der Waals surface area contributed by atoms with Gasteiger partial charge in [-0.05, 0) is 40.3 Å². The Bertz CT molecular complexity index is 762. The summed E-state index contributed by atoms with van der Waals surface area (Å²) >= 11 is 8.89. The van der Waals surface area contributed by atoms with Crippen molar-refractivity contribution >= 4 is 28.1 Å². The number of halogens is 1. The number of benzene rings is 2. The normalized spacial score (nSPS) is 10.6. The number of hydrogen-bond acceptors (Lipinski definition) is 2. The molecule has 0 fully saturated rings. The van der Waals surface area contributed by atoms with Crippen molar-refractivity contribution in [3.8, 4) is 17.1 Å². The molecule has 0 aliphatic rings. The topological polar surface area (TPSA) is 33.6 Å². The Morgan fingerprint density at radius 1 is 1.00 bits per heavy atom. The van der Waals surface area contributed by atoms with E-state index in [9.17, 15) is 0 Å². The van der Waals surface area contributed by atoms with Gasteiger partial charge in [0.2, 0.25) is 0 Å². The Kier molecular flexibility index (Phi) is 3.31. The van der Waals surface area contributed by atoms with Crippen LogP contribution in [-0.4, -0.2) is 14.8 Å². The first-order valence-corrected chi connectivity index (χ1v) is 6.95. The molecule has 0 aliphatic heterocycles. The van der Waals surface area contributed by atoms with Gasteiger partial charge in [-0.25, -0.2) is 0 Å². The minimum Gasteiger partial charge on any atom is -0.267 e. The van der Waals surface area contributed by atoms with E-state index < -0.39 is 0 Å². The second-order valence-corrected chi connectivity index (χ2v) is 5.25. The number of rotatable bonds is 2. The molecule has 0 spiro atoms. The van der Waals surface area contributed by atoms with Crippen molar-refractivity contribution in [1.82, 2.24) is 14.8 Å². The first kappa shape index (κ1) is 12.3. The molecular weight excluding hydrogens is 322 g/mol. The van der Waals surface area contributed by atoms with Crippen LogP contribution in [0.5, 0.6) is 0 Å². The quantitative estimate of drug-likeness (QED) is 0.708. The molecule has 0 saturated heterocycles. The van der Waals surface area contributed by atoms with Crippen LogP contribution >= 0.6 is 28.1 Å². The highest BCUT2D eigenvalue weighted by Crippen LogP contribution is 2.26. The summed E-state index contributed by atoms with van der Waals surface area (Å²) in [5.41, 5.74) is 1.99. The summed E-state index contributed by atoms with van der Waals surface area (Å²) in [5.74, 6) is 0.803. The highest BCUT2D eigenvalue weighted by molar-refractivity contribution is 9.10. The van der Waals surface area contributed by atoms with E-state index in [0.717, 1.165) is 21.5 Å². The molecular formula is C14H10BrN3S. The zero-order valence-electron chi connectivity index (χ0n) is 9.88. The molecule has 0 atom stereocenters. The summed E-state index contributed by atoms with van der Waals surface area (Å²) in [6.45, 7) is 0. The lowest BCUT2D eigenvalue weighted by Gasteiger charge is -2.08. The number of para-hydroxylation sites is 1. The van der Waals surface area contributed by atoms with Gasteiger partial charge < -0.3 is 0 Å². The summed E-state index contributed by atoms with van der Waals surface area (Å²) in [4.78, 5) is 0. The van der Waals surface area contributed by atoms with Crippen LogP contribution in [0.4, 0.5) is 0 Å². The van der Waals surface area contributed by atoms with Crippen molar-refractivity contribution in [3.05, 3.63) is 63.8 Å². The van der Waals surface area contributed by atoms with Crippen molar-refractivity contribution in [2.45, 2.75) is 0 Å². The largest absolute Gasteiger partial charge is 0.267 e. The Hall–Kier alpha value is -1.72. The van der Waals surface area contributed by atoms with Crippen LogP contribution in [0, 0.1) is 4.77 Å². The van der Waals surface area contributed by atoms with Gasteiger partial charge in [0.1, 0.15) is 0 Å². The molecule has 3 aromatic rings. The minimum absolute atomic E-state index is 0.575. The molecule has 1 aromatic heterocycles. The maximum absolute atomic E-state index is 5.34. The minimum atomic E-state index is 0.575. The maximum atomic E-state index is 5.34. The number of nitrogens with zero attached hydrogens (tertiary/aromatic N) is 2. The van der Waals surface area contributed by atoms with Crippen molar-refractivity contribution in [2.24, 2.45) is 0 Å². The van der Waals surface area contributed by atoms with Crippen LogP contribution in [0.25, 0.3) is 17.1 Å². The molecule has 1 heterocycles. The van der Waals surface area contributed by atoms with Gasteiger partial charge in [-0.15, -0.1) is 0 Å². The molecule has 0 aliphatic carbocycles. The standard InChI is InChI=1S/C14H10BrN3S/c15-11-8-4-5-9-12(11)18-13(16-17-14(18)19)10-6-2-1-3-7-10/h1-9H,(H,17,19). The molecule has 0 amide bonds. The highest BCUT2D eigenvalue weighted by Gasteiger charge is 2.12. The van der Waals surface area contributed by atoms with Gasteiger partial charge in [-0.2, -0.15) is 5.10 Å². The van der Waals surface area contributed by atoms with Crippen molar-refractivity contribution in [2.75, 3.05) is 0 Å². The van der Waals surface area contributed by atoms with Gasteiger partial charge in [0.05, 0.1) is 5.69 Å². The second kappa shape index (κ2) is 5.11. The predicted octanol–water partition coefficient (Wildman–Crippen LogP) is 4.36. The van der Waals surface area contributed by atoms with Crippen LogP contribution in [0.2, 0.25) is 0 Å². The molecule has 19 heavy (non-hydrogen) atoms. The van der Waals surface area contributed by atoms with Gasteiger partial charge in [-0.3, -0.25) is 9.67 Å². The summed E-state index contributed by atoms with van der Waals surface area (Å²) in [7, 11) is 0. The number of hydrogen-bond donors (Lipinski definition) is 1. The number of aromatic amines is 1. The van der Waals surface area contributed by atoms with Gasteiger partial charge in [-0.1, -0.05) is 42.5 Å². The van der Waals surface area contributed by atoms with Crippen molar-refractivity contribution in [3.63, 3.8) is 0 Å². The molecule has 2 aromatic carbocycles. The van der Waals surface area contributed by atoms with E-state index >= 15 is 0 Å². The van der Waals surface area contributed by atoms with Crippen LogP contribution in [0.3, 0.4) is 0 Å². The fourth-order valence-electron chi connectivity index (χ4n) is 1.93. The third-order valence-electron chi connectivity index (χ3n) is 2.80. The predicted molar refractivity (Wildman–Crippen MR) is 81.9 cm³/mol. The molecule has 0 bridgehead atoms. The number of nitrogens with one attached hydrogen (secondary N) is 1. The van der Waals surface area contributed by atoms with E-state index in [1.54, 1.807) is 0 Å². The average molecular weight is 332 g/mol. The fourth-order valence-corrected chi connectivity index (χ4v) is 2.63. The summed E-state index contributed by atoms with van der Waals surface area (Å²) in [6, 6.07) is 17.9. The average Bonchev–Trinajstić information content (AvgIpc) is 2.82. The Labute approximate surface area is 124 Å². The van der Waals surface area contributed by atoms with Gasteiger partial charge in [0, 0.05) is 10.0 Å². The lowest BCUT2D eigenvalue weighted by Crippen LogP contribution is -1.98. The Morgan fingerprint density at radius 3 is 2.42 bits per heavy atom. The zero-order valence-corrected chi connectivity index (χ0v) is 12.3. The highest BCUT2D eigenvalue weighted by atomic mass is 79.9. The van der Waals surface area contributed by atoms with Crippen LogP contribution < -0.4 is 0 Å². The molecule has 5 heteroatoms. The fraction of sp³-hybridized carbons (Fsp3) is 0. The second-order valence-electron chi connectivity index (χ2n) is 4.01. The van der Waals surface area contributed by atoms with E-state index in [1.165, 1.54) is 0 Å². The zero-order chi connectivity index (χ0) is 13.2. The van der Waals surface area contributed by atoms with E-state index in [-0.39, 0.29) is 0 Å². The van der Waals surface area contributed by atoms with Crippen molar-refractivity contribution in [1.29, 1.82) is 0 Å². The monoisotopic (exact) mass is 331 g/mol. The SMILES string of the molecule is S=c1[nH]nc(-c2ccccc2)n1-c1ccccc1Br. The number of aromatic nitrogens is 3.